The fraction of sp³-hybridized carbons (Fsp3) is 0.227. The number of esters is 1. The van der Waals surface area contributed by atoms with E-state index < -0.39 is 0 Å². The highest BCUT2D eigenvalue weighted by molar-refractivity contribution is 7.17. The second-order valence-electron chi connectivity index (χ2n) is 6.35. The van der Waals surface area contributed by atoms with Crippen LogP contribution in [0.2, 0.25) is 5.02 Å². The zero-order valence-corrected chi connectivity index (χ0v) is 18.9. The van der Waals surface area contributed by atoms with Crippen LogP contribution in [0.15, 0.2) is 47.6 Å². The van der Waals surface area contributed by atoms with Gasteiger partial charge in [-0.25, -0.2) is 9.78 Å². The molecular formula is C22H22ClN3O4S. The number of ether oxygens (including phenoxy) is 3. The van der Waals surface area contributed by atoms with Gasteiger partial charge in [-0.05, 0) is 55.3 Å². The van der Waals surface area contributed by atoms with Crippen LogP contribution in [0.25, 0.3) is 0 Å². The van der Waals surface area contributed by atoms with Crippen LogP contribution < -0.4 is 14.9 Å². The van der Waals surface area contributed by atoms with E-state index in [2.05, 4.69) is 15.5 Å². The summed E-state index contributed by atoms with van der Waals surface area (Å²) < 4.78 is 16.3. The largest absolute Gasteiger partial charge is 0.493 e. The minimum absolute atomic E-state index is 0.318. The molecule has 1 heterocycles. The standard InChI is InChI=1S/C22H22ClN3O4S/c1-4-29-21(27)20-14(2)25-22(31-20)26-24-12-16-7-10-18(19(11-16)28-3)30-13-15-5-8-17(23)9-6-15/h5-12H,4,13H2,1-3H3,(H,25,26)/b24-12+. The lowest BCUT2D eigenvalue weighted by atomic mass is 10.2. The summed E-state index contributed by atoms with van der Waals surface area (Å²) >= 11 is 7.10. The third-order valence-electron chi connectivity index (χ3n) is 4.13. The highest BCUT2D eigenvalue weighted by Crippen LogP contribution is 2.29. The topological polar surface area (TPSA) is 82.0 Å². The van der Waals surface area contributed by atoms with Gasteiger partial charge in [0.15, 0.2) is 11.5 Å². The number of nitrogens with one attached hydrogen (secondary N) is 1. The number of aryl methyl sites for hydroxylation is 1. The number of hydrogen-bond acceptors (Lipinski definition) is 8. The summed E-state index contributed by atoms with van der Waals surface area (Å²) in [5, 5.41) is 5.38. The first-order chi connectivity index (χ1) is 15.0. The Morgan fingerprint density at radius 2 is 2.00 bits per heavy atom. The lowest BCUT2D eigenvalue weighted by molar-refractivity contribution is 0.0531. The predicted octanol–water partition coefficient (Wildman–Crippen LogP) is 5.32. The van der Waals surface area contributed by atoms with E-state index >= 15 is 0 Å². The van der Waals surface area contributed by atoms with E-state index in [1.165, 1.54) is 11.3 Å². The number of benzene rings is 2. The average molecular weight is 460 g/mol. The van der Waals surface area contributed by atoms with Gasteiger partial charge in [-0.2, -0.15) is 5.10 Å². The Kier molecular flexibility index (Phi) is 7.86. The van der Waals surface area contributed by atoms with E-state index in [0.29, 0.717) is 45.4 Å². The fourth-order valence-corrected chi connectivity index (χ4v) is 3.55. The first kappa shape index (κ1) is 22.6. The molecule has 1 N–H and O–H groups in total. The highest BCUT2D eigenvalue weighted by Gasteiger charge is 2.16. The van der Waals surface area contributed by atoms with Crippen molar-refractivity contribution in [2.75, 3.05) is 19.1 Å². The fourth-order valence-electron chi connectivity index (χ4n) is 2.62. The summed E-state index contributed by atoms with van der Waals surface area (Å²) in [5.74, 6) is 0.832. The molecule has 0 saturated heterocycles. The summed E-state index contributed by atoms with van der Waals surface area (Å²) in [7, 11) is 1.58. The number of hydrazone groups is 1. The number of aromatic nitrogens is 1. The Balaban J connectivity index is 1.63. The number of methoxy groups -OCH3 is 1. The third-order valence-corrected chi connectivity index (χ3v) is 5.42. The number of thiazole rings is 1. The Hall–Kier alpha value is -3.10. The maximum atomic E-state index is 11.9. The maximum absolute atomic E-state index is 11.9. The minimum atomic E-state index is -0.381. The lowest BCUT2D eigenvalue weighted by Crippen LogP contribution is -2.03. The summed E-state index contributed by atoms with van der Waals surface area (Å²) in [6, 6.07) is 13.0. The average Bonchev–Trinajstić information content (AvgIpc) is 3.14. The number of rotatable bonds is 9. The van der Waals surface area contributed by atoms with Crippen molar-refractivity contribution >= 4 is 40.3 Å². The Morgan fingerprint density at radius 3 is 2.71 bits per heavy atom. The molecule has 0 saturated carbocycles. The molecule has 0 aliphatic heterocycles. The van der Waals surface area contributed by atoms with E-state index in [1.54, 1.807) is 27.2 Å². The lowest BCUT2D eigenvalue weighted by Gasteiger charge is -2.11. The van der Waals surface area contributed by atoms with Crippen molar-refractivity contribution in [2.24, 2.45) is 5.10 Å². The molecular weight excluding hydrogens is 438 g/mol. The molecule has 0 fully saturated rings. The van der Waals surface area contributed by atoms with Gasteiger partial charge in [0.1, 0.15) is 11.5 Å². The molecule has 9 heteroatoms. The van der Waals surface area contributed by atoms with Gasteiger partial charge in [-0.3, -0.25) is 5.43 Å². The first-order valence-electron chi connectivity index (χ1n) is 9.49. The van der Waals surface area contributed by atoms with Crippen molar-refractivity contribution in [2.45, 2.75) is 20.5 Å². The van der Waals surface area contributed by atoms with Crippen molar-refractivity contribution in [1.29, 1.82) is 0 Å². The molecule has 0 amide bonds. The smallest absolute Gasteiger partial charge is 0.350 e. The van der Waals surface area contributed by atoms with Crippen molar-refractivity contribution in [3.05, 3.63) is 69.2 Å². The second-order valence-corrected chi connectivity index (χ2v) is 7.78. The SMILES string of the molecule is CCOC(=O)c1sc(N/N=C/c2ccc(OCc3ccc(Cl)cc3)c(OC)c2)nc1C. The van der Waals surface area contributed by atoms with E-state index in [9.17, 15) is 4.79 Å². The molecule has 0 aliphatic rings. The van der Waals surface area contributed by atoms with Gasteiger partial charge >= 0.3 is 5.97 Å². The molecule has 0 spiro atoms. The molecule has 2 aromatic carbocycles. The number of nitrogens with zero attached hydrogens (tertiary/aromatic N) is 2. The second kappa shape index (κ2) is 10.8. The third kappa shape index (κ3) is 6.19. The van der Waals surface area contributed by atoms with Crippen LogP contribution in [0.3, 0.4) is 0 Å². The number of hydrogen-bond donors (Lipinski definition) is 1. The van der Waals surface area contributed by atoms with Gasteiger partial charge < -0.3 is 14.2 Å². The summed E-state index contributed by atoms with van der Waals surface area (Å²) in [6.07, 6.45) is 1.63. The molecule has 162 valence electrons. The van der Waals surface area contributed by atoms with E-state index in [1.807, 2.05) is 42.5 Å². The molecule has 0 unspecified atom stereocenters. The van der Waals surface area contributed by atoms with Crippen LogP contribution in [-0.4, -0.2) is 30.9 Å². The van der Waals surface area contributed by atoms with E-state index in [4.69, 9.17) is 25.8 Å². The zero-order valence-electron chi connectivity index (χ0n) is 17.3. The molecule has 0 bridgehead atoms. The molecule has 3 rings (SSSR count). The van der Waals surface area contributed by atoms with Gasteiger partial charge in [-0.1, -0.05) is 35.1 Å². The van der Waals surface area contributed by atoms with Gasteiger partial charge in [-0.15, -0.1) is 0 Å². The van der Waals surface area contributed by atoms with Crippen LogP contribution in [-0.2, 0) is 11.3 Å². The molecule has 0 atom stereocenters. The Bertz CT molecular complexity index is 1070. The van der Waals surface area contributed by atoms with Gasteiger partial charge in [0, 0.05) is 5.02 Å². The van der Waals surface area contributed by atoms with E-state index in [0.717, 1.165) is 11.1 Å². The number of carbonyl (C=O) groups excluding carboxylic acids is 1. The van der Waals surface area contributed by atoms with Crippen LogP contribution in [0.1, 0.15) is 33.4 Å². The van der Waals surface area contributed by atoms with Crippen LogP contribution in [0.4, 0.5) is 5.13 Å². The number of carbonyl (C=O) groups is 1. The van der Waals surface area contributed by atoms with Crippen molar-refractivity contribution < 1.29 is 19.0 Å². The molecule has 0 aliphatic carbocycles. The Morgan fingerprint density at radius 1 is 1.23 bits per heavy atom. The van der Waals surface area contributed by atoms with Crippen LogP contribution >= 0.6 is 22.9 Å². The Labute approximate surface area is 189 Å². The maximum Gasteiger partial charge on any atom is 0.350 e. The highest BCUT2D eigenvalue weighted by atomic mass is 35.5. The van der Waals surface area contributed by atoms with Crippen LogP contribution in [0, 0.1) is 6.92 Å². The molecule has 3 aromatic rings. The van der Waals surface area contributed by atoms with E-state index in [-0.39, 0.29) is 5.97 Å². The van der Waals surface area contributed by atoms with Gasteiger partial charge in [0.25, 0.3) is 0 Å². The van der Waals surface area contributed by atoms with Gasteiger partial charge in [0.2, 0.25) is 5.13 Å². The predicted molar refractivity (Wildman–Crippen MR) is 123 cm³/mol. The molecule has 0 radical (unpaired) electrons. The monoisotopic (exact) mass is 459 g/mol. The quantitative estimate of drug-likeness (QED) is 0.265. The normalized spacial score (nSPS) is 10.8. The summed E-state index contributed by atoms with van der Waals surface area (Å²) in [5.41, 5.74) is 5.25. The van der Waals surface area contributed by atoms with Gasteiger partial charge in [0.05, 0.1) is 25.6 Å². The zero-order chi connectivity index (χ0) is 22.2. The molecule has 31 heavy (non-hydrogen) atoms. The van der Waals surface area contributed by atoms with Crippen molar-refractivity contribution in [3.8, 4) is 11.5 Å². The summed E-state index contributed by atoms with van der Waals surface area (Å²) in [6.45, 7) is 4.23. The van der Waals surface area contributed by atoms with Crippen molar-refractivity contribution in [1.82, 2.24) is 4.98 Å². The number of halogens is 1. The minimum Gasteiger partial charge on any atom is -0.493 e. The summed E-state index contributed by atoms with van der Waals surface area (Å²) in [4.78, 5) is 16.6. The van der Waals surface area contributed by atoms with Crippen molar-refractivity contribution in [3.63, 3.8) is 0 Å². The number of anilines is 1. The molecule has 1 aromatic heterocycles. The van der Waals surface area contributed by atoms with Crippen LogP contribution in [0.5, 0.6) is 11.5 Å². The first-order valence-corrected chi connectivity index (χ1v) is 10.7. The molecule has 7 nitrogen and oxygen atoms in total.